The molecule has 0 aliphatic rings. The first-order chi connectivity index (χ1) is 12.2. The molecule has 3 heteroatoms. The fourth-order valence-corrected chi connectivity index (χ4v) is 3.20. The van der Waals surface area contributed by atoms with Crippen LogP contribution >= 0.6 is 15.9 Å². The van der Waals surface area contributed by atoms with Crippen molar-refractivity contribution in [2.24, 2.45) is 0 Å². The Kier molecular flexibility index (Phi) is 8.60. The van der Waals surface area contributed by atoms with Crippen molar-refractivity contribution in [2.75, 3.05) is 13.2 Å². The molecule has 0 N–H and O–H groups in total. The Bertz CT molecular complexity index is 654. The van der Waals surface area contributed by atoms with Gasteiger partial charge in [0.25, 0.3) is 0 Å². The molecule has 0 heterocycles. The lowest BCUT2D eigenvalue weighted by atomic mass is 10.0. The maximum Gasteiger partial charge on any atom is 0.122 e. The molecule has 0 saturated carbocycles. The zero-order valence-electron chi connectivity index (χ0n) is 15.8. The molecule has 138 valence electrons. The third kappa shape index (κ3) is 6.22. The van der Waals surface area contributed by atoms with Gasteiger partial charge in [-0.2, -0.15) is 0 Å². The maximum absolute atomic E-state index is 6.02. The predicted molar refractivity (Wildman–Crippen MR) is 111 cm³/mol. The summed E-state index contributed by atoms with van der Waals surface area (Å²) in [6.07, 6.45) is 6.96. The van der Waals surface area contributed by atoms with Gasteiger partial charge in [-0.3, -0.25) is 0 Å². The molecule has 0 bridgehead atoms. The Hall–Kier alpha value is -1.22. The minimum atomic E-state index is 0.642. The van der Waals surface area contributed by atoms with E-state index in [1.807, 2.05) is 0 Å². The molecular weight excluding hydrogens is 376 g/mol. The van der Waals surface area contributed by atoms with Crippen LogP contribution in [0.2, 0.25) is 0 Å². The highest BCUT2D eigenvalue weighted by molar-refractivity contribution is 9.09. The van der Waals surface area contributed by atoms with Crippen molar-refractivity contribution in [2.45, 2.75) is 64.1 Å². The largest absolute Gasteiger partial charge is 0.494 e. The molecule has 0 saturated heterocycles. The van der Waals surface area contributed by atoms with Gasteiger partial charge in [-0.15, -0.1) is 0 Å². The average molecular weight is 407 g/mol. The molecule has 0 radical (unpaired) electrons. The normalized spacial score (nSPS) is 12.3. The van der Waals surface area contributed by atoms with Crippen LogP contribution in [-0.2, 0) is 0 Å². The fraction of sp³-hybridized carbons (Fsp3) is 0.545. The smallest absolute Gasteiger partial charge is 0.122 e. The first-order valence-corrected chi connectivity index (χ1v) is 10.5. The Morgan fingerprint density at radius 2 is 1.76 bits per heavy atom. The number of aryl methyl sites for hydroxylation is 1. The standard InChI is InChI=1S/C22H31BrO2/c1-4-6-14-24-20-11-12-21-17(3)22(13-10-18(21)16-20)25-15-8-7-9-19(23)5-2/h10-13,16,19H,4-9,14-15H2,1-3H3. The van der Waals surface area contributed by atoms with Crippen LogP contribution in [0, 0.1) is 6.92 Å². The fourth-order valence-electron chi connectivity index (χ4n) is 2.88. The predicted octanol–water partition coefficient (Wildman–Crippen LogP) is 7.05. The zero-order valence-corrected chi connectivity index (χ0v) is 17.4. The van der Waals surface area contributed by atoms with E-state index in [2.05, 4.69) is 67.0 Å². The molecule has 0 spiro atoms. The van der Waals surface area contributed by atoms with E-state index in [0.29, 0.717) is 4.83 Å². The van der Waals surface area contributed by atoms with Crippen molar-refractivity contribution in [3.05, 3.63) is 35.9 Å². The van der Waals surface area contributed by atoms with E-state index in [0.717, 1.165) is 44.0 Å². The van der Waals surface area contributed by atoms with Crippen LogP contribution in [0.15, 0.2) is 30.3 Å². The van der Waals surface area contributed by atoms with Crippen LogP contribution in [0.3, 0.4) is 0 Å². The third-order valence-corrected chi connectivity index (χ3v) is 5.70. The molecule has 0 aromatic heterocycles. The highest BCUT2D eigenvalue weighted by Gasteiger charge is 2.07. The third-order valence-electron chi connectivity index (χ3n) is 4.59. The quantitative estimate of drug-likeness (QED) is 0.294. The molecule has 2 aromatic rings. The van der Waals surface area contributed by atoms with E-state index in [1.165, 1.54) is 35.6 Å². The van der Waals surface area contributed by atoms with E-state index in [9.17, 15) is 0 Å². The van der Waals surface area contributed by atoms with Crippen LogP contribution in [-0.4, -0.2) is 18.0 Å². The molecule has 0 fully saturated rings. The van der Waals surface area contributed by atoms with Gasteiger partial charge in [-0.05, 0) is 73.6 Å². The molecule has 1 atom stereocenters. The van der Waals surface area contributed by atoms with Crippen molar-refractivity contribution in [1.82, 2.24) is 0 Å². The summed E-state index contributed by atoms with van der Waals surface area (Å²) in [5, 5.41) is 2.45. The number of unbranched alkanes of at least 4 members (excludes halogenated alkanes) is 2. The van der Waals surface area contributed by atoms with Crippen molar-refractivity contribution >= 4 is 26.7 Å². The van der Waals surface area contributed by atoms with Crippen LogP contribution < -0.4 is 9.47 Å². The first kappa shape index (κ1) is 20.1. The van der Waals surface area contributed by atoms with E-state index >= 15 is 0 Å². The molecule has 0 amide bonds. The van der Waals surface area contributed by atoms with Gasteiger partial charge >= 0.3 is 0 Å². The van der Waals surface area contributed by atoms with Crippen molar-refractivity contribution in [3.63, 3.8) is 0 Å². The zero-order chi connectivity index (χ0) is 18.1. The van der Waals surface area contributed by atoms with Crippen LogP contribution in [0.1, 0.15) is 57.9 Å². The van der Waals surface area contributed by atoms with Gasteiger partial charge < -0.3 is 9.47 Å². The number of hydrogen-bond donors (Lipinski definition) is 0. The van der Waals surface area contributed by atoms with Gasteiger partial charge in [-0.1, -0.05) is 48.3 Å². The Morgan fingerprint density at radius 3 is 2.52 bits per heavy atom. The van der Waals surface area contributed by atoms with E-state index in [1.54, 1.807) is 0 Å². The van der Waals surface area contributed by atoms with Gasteiger partial charge in [0.05, 0.1) is 13.2 Å². The summed E-state index contributed by atoms with van der Waals surface area (Å²) in [5.74, 6) is 1.95. The van der Waals surface area contributed by atoms with Gasteiger partial charge in [0, 0.05) is 4.83 Å². The van der Waals surface area contributed by atoms with Crippen molar-refractivity contribution < 1.29 is 9.47 Å². The lowest BCUT2D eigenvalue weighted by molar-refractivity contribution is 0.303. The average Bonchev–Trinajstić information content (AvgIpc) is 2.63. The Morgan fingerprint density at radius 1 is 0.960 bits per heavy atom. The summed E-state index contributed by atoms with van der Waals surface area (Å²) in [7, 11) is 0. The summed E-state index contributed by atoms with van der Waals surface area (Å²) < 4.78 is 11.8. The highest BCUT2D eigenvalue weighted by Crippen LogP contribution is 2.30. The number of halogens is 1. The first-order valence-electron chi connectivity index (χ1n) is 9.58. The molecule has 25 heavy (non-hydrogen) atoms. The van der Waals surface area contributed by atoms with Gasteiger partial charge in [0.2, 0.25) is 0 Å². The Labute approximate surface area is 161 Å². The van der Waals surface area contributed by atoms with E-state index in [-0.39, 0.29) is 0 Å². The molecule has 2 aromatic carbocycles. The minimum Gasteiger partial charge on any atom is -0.494 e. The van der Waals surface area contributed by atoms with Crippen molar-refractivity contribution in [3.8, 4) is 11.5 Å². The SMILES string of the molecule is CCCCOc1ccc2c(C)c(OCCCCC(Br)CC)ccc2c1. The monoisotopic (exact) mass is 406 g/mol. The number of ether oxygens (including phenoxy) is 2. The second-order valence-corrected chi connectivity index (χ2v) is 7.92. The molecule has 2 nitrogen and oxygen atoms in total. The van der Waals surface area contributed by atoms with Crippen molar-refractivity contribution in [1.29, 1.82) is 0 Å². The molecular formula is C22H31BrO2. The van der Waals surface area contributed by atoms with Gasteiger partial charge in [-0.25, -0.2) is 0 Å². The number of benzene rings is 2. The second-order valence-electron chi connectivity index (χ2n) is 6.62. The van der Waals surface area contributed by atoms with Gasteiger partial charge in [0.15, 0.2) is 0 Å². The lowest BCUT2D eigenvalue weighted by Gasteiger charge is -2.13. The summed E-state index contributed by atoms with van der Waals surface area (Å²) in [6.45, 7) is 8.11. The summed E-state index contributed by atoms with van der Waals surface area (Å²) in [4.78, 5) is 0.642. The van der Waals surface area contributed by atoms with Gasteiger partial charge in [0.1, 0.15) is 11.5 Å². The van der Waals surface area contributed by atoms with E-state index < -0.39 is 0 Å². The van der Waals surface area contributed by atoms with Crippen LogP contribution in [0.4, 0.5) is 0 Å². The topological polar surface area (TPSA) is 18.5 Å². The molecule has 0 aliphatic carbocycles. The summed E-state index contributed by atoms with van der Waals surface area (Å²) in [5.41, 5.74) is 1.21. The molecule has 2 rings (SSSR count). The number of hydrogen-bond acceptors (Lipinski definition) is 2. The van der Waals surface area contributed by atoms with Crippen LogP contribution in [0.5, 0.6) is 11.5 Å². The molecule has 1 unspecified atom stereocenters. The summed E-state index contributed by atoms with van der Waals surface area (Å²) in [6, 6.07) is 10.6. The highest BCUT2D eigenvalue weighted by atomic mass is 79.9. The second kappa shape index (κ2) is 10.7. The Balaban J connectivity index is 1.93. The molecule has 0 aliphatic heterocycles. The number of fused-ring (bicyclic) bond motifs is 1. The van der Waals surface area contributed by atoms with E-state index in [4.69, 9.17) is 9.47 Å². The maximum atomic E-state index is 6.02. The number of alkyl halides is 1. The number of rotatable bonds is 11. The van der Waals surface area contributed by atoms with Crippen LogP contribution in [0.25, 0.3) is 10.8 Å². The lowest BCUT2D eigenvalue weighted by Crippen LogP contribution is -2.01. The summed E-state index contributed by atoms with van der Waals surface area (Å²) >= 11 is 3.69. The minimum absolute atomic E-state index is 0.642.